The second-order valence-corrected chi connectivity index (χ2v) is 10.1. The smallest absolute Gasteiger partial charge is 0.416 e. The van der Waals surface area contributed by atoms with Crippen molar-refractivity contribution in [2.24, 2.45) is 0 Å². The van der Waals surface area contributed by atoms with Crippen LogP contribution in [0.5, 0.6) is 0 Å². The van der Waals surface area contributed by atoms with Crippen LogP contribution in [0, 0.1) is 0 Å². The molecule has 3 heterocycles. The van der Waals surface area contributed by atoms with E-state index in [9.17, 15) is 36.2 Å². The number of aliphatic hydroxyl groups is 1. The second kappa shape index (κ2) is 10.1. The maximum atomic E-state index is 14.0. The normalized spacial score (nSPS) is 24.4. The maximum Gasteiger partial charge on any atom is 0.426 e. The van der Waals surface area contributed by atoms with Gasteiger partial charge in [0.05, 0.1) is 11.3 Å². The van der Waals surface area contributed by atoms with Crippen molar-refractivity contribution in [3.05, 3.63) is 59.1 Å². The van der Waals surface area contributed by atoms with Crippen molar-refractivity contribution in [2.45, 2.75) is 68.4 Å². The average Bonchev–Trinajstić information content (AvgIpc) is 3.35. The molecule has 1 saturated carbocycles. The van der Waals surface area contributed by atoms with Gasteiger partial charge >= 0.3 is 12.4 Å². The first kappa shape index (κ1) is 27.9. The summed E-state index contributed by atoms with van der Waals surface area (Å²) in [6, 6.07) is 9.54. The van der Waals surface area contributed by atoms with Gasteiger partial charge in [0, 0.05) is 12.6 Å². The molecule has 1 amide bonds. The minimum Gasteiger partial charge on any atom is -0.416 e. The van der Waals surface area contributed by atoms with Crippen molar-refractivity contribution in [1.82, 2.24) is 20.1 Å². The third-order valence-corrected chi connectivity index (χ3v) is 7.53. The van der Waals surface area contributed by atoms with Gasteiger partial charge in [-0.25, -0.2) is 4.98 Å². The lowest BCUT2D eigenvalue weighted by atomic mass is 9.75. The Morgan fingerprint density at radius 1 is 1.00 bits per heavy atom. The van der Waals surface area contributed by atoms with Crippen molar-refractivity contribution in [2.75, 3.05) is 12.3 Å². The van der Waals surface area contributed by atoms with E-state index in [0.717, 1.165) is 5.56 Å². The lowest BCUT2D eigenvalue weighted by molar-refractivity contribution is -0.277. The van der Waals surface area contributed by atoms with Crippen LogP contribution in [0.15, 0.2) is 40.8 Å². The fraction of sp³-hybridized carbons (Fsp3) is 0.462. The summed E-state index contributed by atoms with van der Waals surface area (Å²) in [5.74, 6) is -2.82. The number of alkyl halides is 6. The molecule has 1 aliphatic carbocycles. The first-order chi connectivity index (χ1) is 18.8. The van der Waals surface area contributed by atoms with Crippen LogP contribution >= 0.6 is 0 Å². The molecule has 1 fully saturated rings. The van der Waals surface area contributed by atoms with Gasteiger partial charge in [0.15, 0.2) is 5.69 Å². The minimum atomic E-state index is -5.18. The number of nitrogen functional groups attached to an aromatic ring is 1. The van der Waals surface area contributed by atoms with Crippen molar-refractivity contribution >= 4 is 11.6 Å². The van der Waals surface area contributed by atoms with Crippen molar-refractivity contribution in [1.29, 1.82) is 0 Å². The topological polar surface area (TPSA) is 118 Å². The Bertz CT molecular complexity index is 1390. The fourth-order valence-electron chi connectivity index (χ4n) is 5.20. The Balaban J connectivity index is 1.57. The molecule has 0 spiro atoms. The predicted molar refractivity (Wildman–Crippen MR) is 129 cm³/mol. The molecule has 4 bridgehead atoms. The molecule has 14 heteroatoms. The van der Waals surface area contributed by atoms with Gasteiger partial charge in [-0.05, 0) is 49.7 Å². The average molecular weight is 570 g/mol. The van der Waals surface area contributed by atoms with Gasteiger partial charge in [-0.1, -0.05) is 36.8 Å². The van der Waals surface area contributed by atoms with Gasteiger partial charge in [-0.3, -0.25) is 4.79 Å². The fourth-order valence-corrected chi connectivity index (χ4v) is 5.20. The summed E-state index contributed by atoms with van der Waals surface area (Å²) >= 11 is 0. The predicted octanol–water partition coefficient (Wildman–Crippen LogP) is 5.44. The van der Waals surface area contributed by atoms with Crippen molar-refractivity contribution in [3.63, 3.8) is 0 Å². The lowest BCUT2D eigenvalue weighted by Gasteiger charge is -2.43. The summed E-state index contributed by atoms with van der Waals surface area (Å²) in [6.07, 6.45) is -9.79. The molecule has 8 nitrogen and oxygen atoms in total. The van der Waals surface area contributed by atoms with Crippen LogP contribution in [0.2, 0.25) is 0 Å². The number of halogens is 6. The zero-order chi connectivity index (χ0) is 28.9. The highest BCUT2D eigenvalue weighted by Crippen LogP contribution is 2.45. The molecule has 0 saturated heterocycles. The van der Waals surface area contributed by atoms with Crippen molar-refractivity contribution < 1.29 is 40.7 Å². The van der Waals surface area contributed by atoms with E-state index >= 15 is 0 Å². The Morgan fingerprint density at radius 2 is 1.70 bits per heavy atom. The molecule has 3 aromatic rings. The van der Waals surface area contributed by atoms with E-state index < -0.39 is 70.7 Å². The Hall–Kier alpha value is -3.68. The largest absolute Gasteiger partial charge is 0.426 e. The molecule has 40 heavy (non-hydrogen) atoms. The van der Waals surface area contributed by atoms with E-state index in [2.05, 4.69) is 15.2 Å². The van der Waals surface area contributed by atoms with Gasteiger partial charge in [0.25, 0.3) is 17.7 Å². The number of aromatic nitrogens is 3. The van der Waals surface area contributed by atoms with Gasteiger partial charge in [0.2, 0.25) is 5.60 Å². The summed E-state index contributed by atoms with van der Waals surface area (Å²) in [7, 11) is 0. The van der Waals surface area contributed by atoms with E-state index in [1.807, 2.05) is 30.3 Å². The molecule has 2 aliphatic rings. The lowest BCUT2D eigenvalue weighted by Crippen LogP contribution is -2.48. The van der Waals surface area contributed by atoms with Gasteiger partial charge in [-0.2, -0.15) is 26.3 Å². The van der Waals surface area contributed by atoms with Crippen LogP contribution in [-0.2, 0) is 11.8 Å². The van der Waals surface area contributed by atoms with Crippen LogP contribution in [0.1, 0.15) is 71.9 Å². The minimum absolute atomic E-state index is 0.00740. The van der Waals surface area contributed by atoms with E-state index in [1.165, 1.54) is 4.90 Å². The number of amides is 1. The molecular weight excluding hydrogens is 544 g/mol. The van der Waals surface area contributed by atoms with Crippen LogP contribution in [0.4, 0.5) is 32.0 Å². The first-order valence-electron chi connectivity index (χ1n) is 12.7. The van der Waals surface area contributed by atoms with Gasteiger partial charge < -0.3 is 20.2 Å². The summed E-state index contributed by atoms with van der Waals surface area (Å²) in [5.41, 5.74) is -0.254. The molecular formula is C26H25F6N5O3. The van der Waals surface area contributed by atoms with Gasteiger partial charge in [0.1, 0.15) is 5.69 Å². The third kappa shape index (κ3) is 5.00. The number of carbonyl (C=O) groups excluding carboxylic acids is 1. The molecule has 0 unspecified atom stereocenters. The SMILES string of the molecule is Nc1cc(C(F)(F)F)c2nc1-c1nnc(o1)[C@@](O)(C(F)(F)F)CCCCCN([C@H]1C[C@@H](c3ccccc3)C1)C2=O. The van der Waals surface area contributed by atoms with Crippen LogP contribution in [0.3, 0.4) is 0 Å². The Morgan fingerprint density at radius 3 is 2.35 bits per heavy atom. The number of nitrogens with two attached hydrogens (primary N) is 1. The summed E-state index contributed by atoms with van der Waals surface area (Å²) in [4.78, 5) is 18.8. The zero-order valence-electron chi connectivity index (χ0n) is 21.0. The van der Waals surface area contributed by atoms with Crippen molar-refractivity contribution in [3.8, 4) is 11.6 Å². The van der Waals surface area contributed by atoms with Crippen LogP contribution in [-0.4, -0.2) is 49.9 Å². The maximum absolute atomic E-state index is 14.0. The van der Waals surface area contributed by atoms with E-state index in [4.69, 9.17) is 10.2 Å². The van der Waals surface area contributed by atoms with E-state index in [-0.39, 0.29) is 31.7 Å². The molecule has 214 valence electrons. The molecule has 1 aromatic carbocycles. The number of anilines is 1. The molecule has 1 aliphatic heterocycles. The quantitative estimate of drug-likeness (QED) is 0.395. The molecule has 5 rings (SSSR count). The third-order valence-electron chi connectivity index (χ3n) is 7.53. The monoisotopic (exact) mass is 569 g/mol. The number of benzene rings is 1. The Kier molecular flexibility index (Phi) is 7.01. The highest BCUT2D eigenvalue weighted by Gasteiger charge is 2.58. The van der Waals surface area contributed by atoms with Crippen LogP contribution in [0.25, 0.3) is 11.6 Å². The molecule has 2 aromatic heterocycles. The summed E-state index contributed by atoms with van der Waals surface area (Å²) < 4.78 is 88.9. The second-order valence-electron chi connectivity index (χ2n) is 10.1. The molecule has 1 atom stereocenters. The van der Waals surface area contributed by atoms with E-state index in [0.29, 0.717) is 18.9 Å². The number of hydrogen-bond acceptors (Lipinski definition) is 7. The van der Waals surface area contributed by atoms with Gasteiger partial charge in [-0.15, -0.1) is 10.2 Å². The number of carbonyl (C=O) groups is 1. The molecule has 0 radical (unpaired) electrons. The summed E-state index contributed by atoms with van der Waals surface area (Å²) in [6.45, 7) is -0.00740. The van der Waals surface area contributed by atoms with E-state index in [1.54, 1.807) is 0 Å². The number of hydrogen-bond donors (Lipinski definition) is 2. The number of fused-ring (bicyclic) bond motifs is 5. The van der Waals surface area contributed by atoms with Crippen LogP contribution < -0.4 is 5.73 Å². The standard InChI is InChI=1S/C26H25F6N5O3/c27-25(28,29)17-13-18(33)20-21-35-36-23(40-21)24(39,26(30,31)32)9-5-2-6-10-37(22(38)19(17)34-20)16-11-15(12-16)14-7-3-1-4-8-14/h1,3-4,7-8,13,15-16,39H,2,5-6,9-12,33H2/t15-,16+,24-/m1/s1. The number of rotatable bonds is 2. The molecule has 3 N–H and O–H groups in total. The Labute approximate surface area is 224 Å². The highest BCUT2D eigenvalue weighted by molar-refractivity contribution is 5.95. The first-order valence-corrected chi connectivity index (χ1v) is 12.7. The number of pyridine rings is 1. The number of nitrogens with zero attached hydrogens (tertiary/aromatic N) is 4. The highest BCUT2D eigenvalue weighted by atomic mass is 19.4. The summed E-state index contributed by atoms with van der Waals surface area (Å²) in [5, 5.41) is 17.3. The zero-order valence-corrected chi connectivity index (χ0v) is 21.0.